The minimum absolute atomic E-state index is 0.00911. The Morgan fingerprint density at radius 3 is 1.76 bits per heavy atom. The van der Waals surface area contributed by atoms with Crippen molar-refractivity contribution in [3.63, 3.8) is 0 Å². The number of ether oxygens (including phenoxy) is 4. The predicted molar refractivity (Wildman–Crippen MR) is 257 cm³/mol. The molecule has 8 aliphatic carbocycles. The quantitative estimate of drug-likeness (QED) is 0.0973. The van der Waals surface area contributed by atoms with E-state index in [0.717, 1.165) is 32.1 Å². The van der Waals surface area contributed by atoms with Crippen LogP contribution in [0.3, 0.4) is 0 Å². The summed E-state index contributed by atoms with van der Waals surface area (Å²) in [4.78, 5) is 25.9. The molecular weight excluding hydrogens is 937 g/mol. The Morgan fingerprint density at radius 2 is 1.24 bits per heavy atom. The Hall–Kier alpha value is -1.88. The molecule has 8 aliphatic rings. The number of aliphatic carboxylic acids is 1. The van der Waals surface area contributed by atoms with Gasteiger partial charge in [-0.25, -0.2) is 0 Å². The zero-order chi connectivity index (χ0) is 53.0. The molecule has 8 rings (SSSR count). The molecule has 0 aromatic heterocycles. The Kier molecular flexibility index (Phi) is 15.8. The Balaban J connectivity index is 1.10. The van der Waals surface area contributed by atoms with Crippen molar-refractivity contribution in [2.45, 2.75) is 211 Å². The van der Waals surface area contributed by atoms with Gasteiger partial charge in [0.2, 0.25) is 0 Å². The second-order valence-electron chi connectivity index (χ2n) is 25.9. The maximum atomic E-state index is 13.3. The molecule has 0 saturated heterocycles. The highest BCUT2D eigenvalue weighted by Gasteiger charge is 2.71. The first-order valence-electron chi connectivity index (χ1n) is 26.9. The first kappa shape index (κ1) is 56.3. The highest BCUT2D eigenvalue weighted by molar-refractivity contribution is 5.71. The summed E-state index contributed by atoms with van der Waals surface area (Å²) in [6.45, 7) is 15.8. The first-order chi connectivity index (χ1) is 33.7. The van der Waals surface area contributed by atoms with Crippen LogP contribution in [-0.2, 0) is 28.5 Å². The van der Waals surface area contributed by atoms with Crippen LogP contribution in [-0.4, -0.2) is 185 Å². The molecule has 18 nitrogen and oxygen atoms in total. The standard InChI is InChI=1S/C54H88O18/c1-25-47(69-26(2)59)54(24-58)16-15-52(7)30(31(54)20-49(25,3)4)9-10-36-50(5)13-12-37(51(6,23-57)35(50)11-14-53(36,52)8)70-34-19-29(48(67)68)45(71-32-17-27(21-55)38(60)42(64)40(32)62)44(66)46(34)72-33-18-28(22-56)39(61)43(65)41(33)63/h9,25,27-29,31-47,55-58,60-66H,10-24H2,1-8H3,(H,67,68)/t25?,27?,28?,29?,31?,32-,33-,34-,35?,36?,37?,38-,39-,40?,41?,42-,43-,44-,45-,46?,47?,50?,51-,52-,53?,54?/m1/s1. The van der Waals surface area contributed by atoms with Gasteiger partial charge in [-0.2, -0.15) is 0 Å². The van der Waals surface area contributed by atoms with Gasteiger partial charge in [0.1, 0.15) is 42.7 Å². The van der Waals surface area contributed by atoms with Gasteiger partial charge in [0, 0.05) is 42.8 Å². The highest BCUT2D eigenvalue weighted by Crippen LogP contribution is 2.76. The average molecular weight is 1030 g/mol. The molecule has 0 aromatic carbocycles. The third-order valence-corrected chi connectivity index (χ3v) is 22.2. The zero-order valence-electron chi connectivity index (χ0n) is 43.6. The predicted octanol–water partition coefficient (Wildman–Crippen LogP) is 1.46. The molecule has 0 amide bonds. The minimum atomic E-state index is -1.84. The molecule has 12 N–H and O–H groups in total. The summed E-state index contributed by atoms with van der Waals surface area (Å²) in [6.07, 6.45) is -12.1. The summed E-state index contributed by atoms with van der Waals surface area (Å²) in [7, 11) is 0. The number of carboxylic acid groups (broad SMARTS) is 1. The number of hydrogen-bond acceptors (Lipinski definition) is 17. The molecule has 0 radical (unpaired) electrons. The third-order valence-electron chi connectivity index (χ3n) is 22.2. The number of hydrogen-bond donors (Lipinski definition) is 12. The summed E-state index contributed by atoms with van der Waals surface area (Å²) in [5.74, 6) is -4.91. The van der Waals surface area contributed by atoms with E-state index in [1.807, 2.05) is 6.92 Å². The van der Waals surface area contributed by atoms with Crippen molar-refractivity contribution in [1.29, 1.82) is 0 Å². The van der Waals surface area contributed by atoms with Crippen LogP contribution in [0.2, 0.25) is 0 Å². The van der Waals surface area contributed by atoms with E-state index >= 15 is 0 Å². The van der Waals surface area contributed by atoms with Crippen molar-refractivity contribution in [1.82, 2.24) is 0 Å². The lowest BCUT2D eigenvalue weighted by Gasteiger charge is -2.72. The number of carboxylic acids is 1. The Morgan fingerprint density at radius 1 is 0.653 bits per heavy atom. The van der Waals surface area contributed by atoms with Gasteiger partial charge in [-0.3, -0.25) is 9.59 Å². The van der Waals surface area contributed by atoms with E-state index in [4.69, 9.17) is 18.9 Å². The van der Waals surface area contributed by atoms with Crippen molar-refractivity contribution in [2.75, 3.05) is 26.4 Å². The molecule has 0 spiro atoms. The second-order valence-corrected chi connectivity index (χ2v) is 25.9. The van der Waals surface area contributed by atoms with Crippen molar-refractivity contribution in [2.24, 2.45) is 73.9 Å². The molecule has 0 heterocycles. The largest absolute Gasteiger partial charge is 0.481 e. The molecule has 26 atom stereocenters. The molecule has 0 aromatic rings. The molecule has 0 aliphatic heterocycles. The summed E-state index contributed by atoms with van der Waals surface area (Å²) in [6, 6.07) is 0. The maximum absolute atomic E-state index is 13.3. The van der Waals surface area contributed by atoms with Gasteiger partial charge in [-0.1, -0.05) is 60.1 Å². The van der Waals surface area contributed by atoms with E-state index in [0.29, 0.717) is 19.3 Å². The van der Waals surface area contributed by atoms with Crippen LogP contribution in [0.5, 0.6) is 0 Å². The van der Waals surface area contributed by atoms with Crippen LogP contribution >= 0.6 is 0 Å². The van der Waals surface area contributed by atoms with Gasteiger partial charge in [0.25, 0.3) is 0 Å². The van der Waals surface area contributed by atoms with Crippen LogP contribution in [0.15, 0.2) is 11.6 Å². The number of fused-ring (bicyclic) bond motifs is 7. The summed E-state index contributed by atoms with van der Waals surface area (Å²) in [5.41, 5.74) is -1.04. The van der Waals surface area contributed by atoms with Gasteiger partial charge < -0.3 is 80.2 Å². The van der Waals surface area contributed by atoms with Crippen LogP contribution in [0, 0.1) is 73.9 Å². The number of aliphatic hydroxyl groups excluding tert-OH is 11. The normalized spacial score (nSPS) is 53.2. The van der Waals surface area contributed by atoms with E-state index < -0.39 is 133 Å². The SMILES string of the molecule is CC(=O)OC1C(C)C(C)(C)CC2C3=CCC4C5(C)CCC(O[C@@H]6CC(C(=O)O)[C@@H](O[C@@H]7CC(CO)[C@@H](O)[C@@H](O)C7O)[C@@H](O)C6O[C@@H]6CC(CO)[C@@H](O)[C@@H](O)C6O)[C@](C)(CO)C5CCC4(C)[C@]3(C)CCC21CO. The molecule has 7 fully saturated rings. The number of rotatable bonds is 12. The lowest BCUT2D eigenvalue weighted by atomic mass is 9.33. The molecule has 0 bridgehead atoms. The highest BCUT2D eigenvalue weighted by atomic mass is 16.6. The fourth-order valence-corrected chi connectivity index (χ4v) is 17.3. The Labute approximate surface area is 424 Å². The number of esters is 1. The van der Waals surface area contributed by atoms with Gasteiger partial charge in [0.15, 0.2) is 0 Å². The topological polar surface area (TPSA) is 314 Å². The van der Waals surface area contributed by atoms with Crippen LogP contribution in [0.1, 0.15) is 126 Å². The van der Waals surface area contributed by atoms with E-state index in [9.17, 15) is 70.9 Å². The third kappa shape index (κ3) is 8.67. The average Bonchev–Trinajstić information content (AvgIpc) is 3.33. The van der Waals surface area contributed by atoms with Gasteiger partial charge in [-0.05, 0) is 116 Å². The minimum Gasteiger partial charge on any atom is -0.481 e. The first-order valence-corrected chi connectivity index (χ1v) is 26.9. The zero-order valence-corrected chi connectivity index (χ0v) is 43.6. The summed E-state index contributed by atoms with van der Waals surface area (Å²) < 4.78 is 26.0. The van der Waals surface area contributed by atoms with Crippen molar-refractivity contribution >= 4 is 11.9 Å². The molecule has 7 saturated carbocycles. The summed E-state index contributed by atoms with van der Waals surface area (Å²) in [5, 5.41) is 131. The number of carbonyl (C=O) groups is 2. The second kappa shape index (κ2) is 20.2. The molecule has 18 heteroatoms. The lowest BCUT2D eigenvalue weighted by Crippen LogP contribution is -2.68. The van der Waals surface area contributed by atoms with E-state index in [-0.39, 0.29) is 83.8 Å². The van der Waals surface area contributed by atoms with Crippen molar-refractivity contribution in [3.05, 3.63) is 11.6 Å². The Bertz CT molecular complexity index is 2000. The number of allylic oxidation sites excluding steroid dienone is 2. The van der Waals surface area contributed by atoms with E-state index in [2.05, 4.69) is 47.6 Å². The molecule has 15 unspecified atom stereocenters. The van der Waals surface area contributed by atoms with E-state index in [1.165, 1.54) is 12.5 Å². The molecular formula is C54H88O18. The van der Waals surface area contributed by atoms with Crippen molar-refractivity contribution < 1.29 is 89.8 Å². The molecule has 72 heavy (non-hydrogen) atoms. The van der Waals surface area contributed by atoms with E-state index in [1.54, 1.807) is 0 Å². The fourth-order valence-electron chi connectivity index (χ4n) is 17.3. The van der Waals surface area contributed by atoms with Crippen LogP contribution < -0.4 is 0 Å². The fraction of sp³-hybridized carbons (Fsp3) is 0.926. The van der Waals surface area contributed by atoms with Gasteiger partial charge in [0.05, 0.1) is 61.9 Å². The van der Waals surface area contributed by atoms with Crippen LogP contribution in [0.4, 0.5) is 0 Å². The van der Waals surface area contributed by atoms with Crippen molar-refractivity contribution in [3.8, 4) is 0 Å². The number of carbonyl (C=O) groups excluding carboxylic acids is 1. The monoisotopic (exact) mass is 1020 g/mol. The lowest BCUT2D eigenvalue weighted by molar-refractivity contribution is -0.287. The van der Waals surface area contributed by atoms with Crippen LogP contribution in [0.25, 0.3) is 0 Å². The summed E-state index contributed by atoms with van der Waals surface area (Å²) >= 11 is 0. The number of aliphatic hydroxyl groups is 11. The molecule has 412 valence electrons. The maximum Gasteiger partial charge on any atom is 0.309 e. The smallest absolute Gasteiger partial charge is 0.309 e. The van der Waals surface area contributed by atoms with Gasteiger partial charge in [-0.15, -0.1) is 0 Å². The van der Waals surface area contributed by atoms with Gasteiger partial charge >= 0.3 is 11.9 Å².